The van der Waals surface area contributed by atoms with Gasteiger partial charge in [-0.1, -0.05) is 19.9 Å². The van der Waals surface area contributed by atoms with Crippen LogP contribution in [0, 0.1) is 29.9 Å². The van der Waals surface area contributed by atoms with Gasteiger partial charge in [-0.15, -0.1) is 0 Å². The largest absolute Gasteiger partial charge is 0.316 e. The summed E-state index contributed by atoms with van der Waals surface area (Å²) in [7, 11) is 0. The molecule has 0 spiro atoms. The molecule has 1 aromatic carbocycles. The molecular formula is C16H21F2NO. The quantitative estimate of drug-likeness (QED) is 0.859. The number of aryl methyl sites for hydroxylation is 1. The van der Waals surface area contributed by atoms with Crippen molar-refractivity contribution in [2.45, 2.75) is 33.6 Å². The molecule has 0 bridgehead atoms. The van der Waals surface area contributed by atoms with Crippen molar-refractivity contribution < 1.29 is 13.6 Å². The summed E-state index contributed by atoms with van der Waals surface area (Å²) in [6.45, 7) is 6.77. The average molecular weight is 281 g/mol. The van der Waals surface area contributed by atoms with E-state index in [1.54, 1.807) is 20.8 Å². The lowest BCUT2D eigenvalue weighted by Gasteiger charge is -2.36. The number of rotatable bonds is 3. The van der Waals surface area contributed by atoms with E-state index in [1.807, 2.05) is 0 Å². The maximum Gasteiger partial charge on any atom is 0.174 e. The van der Waals surface area contributed by atoms with Crippen molar-refractivity contribution in [3.8, 4) is 0 Å². The Hall–Kier alpha value is -1.29. The van der Waals surface area contributed by atoms with E-state index >= 15 is 0 Å². The number of Topliss-reactive ketones (excluding diaryl/α,β-unsaturated/α-hetero) is 1. The molecule has 1 aliphatic heterocycles. The fourth-order valence-corrected chi connectivity index (χ4v) is 2.84. The zero-order valence-electron chi connectivity index (χ0n) is 12.2. The van der Waals surface area contributed by atoms with E-state index in [4.69, 9.17) is 0 Å². The summed E-state index contributed by atoms with van der Waals surface area (Å²) in [5, 5.41) is 3.25. The summed E-state index contributed by atoms with van der Waals surface area (Å²) in [5.41, 5.74) is -0.865. The third-order valence-electron chi connectivity index (χ3n) is 4.41. The van der Waals surface area contributed by atoms with Crippen LogP contribution in [0.15, 0.2) is 12.1 Å². The van der Waals surface area contributed by atoms with Crippen molar-refractivity contribution in [1.82, 2.24) is 5.32 Å². The number of benzene rings is 1. The minimum atomic E-state index is -0.775. The van der Waals surface area contributed by atoms with Gasteiger partial charge in [0.15, 0.2) is 5.78 Å². The summed E-state index contributed by atoms with van der Waals surface area (Å²) in [4.78, 5) is 12.7. The van der Waals surface area contributed by atoms with Crippen LogP contribution in [-0.4, -0.2) is 18.9 Å². The Morgan fingerprint density at radius 1 is 1.35 bits per heavy atom. The Morgan fingerprint density at radius 2 is 2.05 bits per heavy atom. The minimum absolute atomic E-state index is 0.100. The Kier molecular flexibility index (Phi) is 4.23. The topological polar surface area (TPSA) is 29.1 Å². The zero-order valence-corrected chi connectivity index (χ0v) is 12.2. The first-order valence-electron chi connectivity index (χ1n) is 7.06. The second kappa shape index (κ2) is 5.60. The van der Waals surface area contributed by atoms with E-state index in [0.29, 0.717) is 12.1 Å². The molecule has 20 heavy (non-hydrogen) atoms. The van der Waals surface area contributed by atoms with Crippen molar-refractivity contribution in [3.05, 3.63) is 34.9 Å². The second-order valence-electron chi connectivity index (χ2n) is 6.15. The van der Waals surface area contributed by atoms with Crippen LogP contribution in [0.25, 0.3) is 0 Å². The Morgan fingerprint density at radius 3 is 2.65 bits per heavy atom. The van der Waals surface area contributed by atoms with Crippen molar-refractivity contribution in [1.29, 1.82) is 0 Å². The van der Waals surface area contributed by atoms with E-state index < -0.39 is 22.8 Å². The number of piperidine rings is 1. The van der Waals surface area contributed by atoms with Gasteiger partial charge in [0.2, 0.25) is 0 Å². The summed E-state index contributed by atoms with van der Waals surface area (Å²) in [5.74, 6) is -1.84. The third kappa shape index (κ3) is 2.62. The molecule has 0 aromatic heterocycles. The van der Waals surface area contributed by atoms with Crippen molar-refractivity contribution in [3.63, 3.8) is 0 Å². The number of hydrogen-bond acceptors (Lipinski definition) is 2. The van der Waals surface area contributed by atoms with Gasteiger partial charge in [-0.3, -0.25) is 4.79 Å². The van der Waals surface area contributed by atoms with E-state index in [9.17, 15) is 13.6 Å². The fraction of sp³-hybridized carbons (Fsp3) is 0.562. The van der Waals surface area contributed by atoms with Gasteiger partial charge < -0.3 is 5.32 Å². The van der Waals surface area contributed by atoms with Crippen LogP contribution in [0.4, 0.5) is 8.78 Å². The molecule has 1 aromatic rings. The van der Waals surface area contributed by atoms with Gasteiger partial charge in [0.1, 0.15) is 11.6 Å². The maximum absolute atomic E-state index is 14.1. The van der Waals surface area contributed by atoms with Crippen LogP contribution in [0.2, 0.25) is 0 Å². The van der Waals surface area contributed by atoms with Gasteiger partial charge in [-0.25, -0.2) is 8.78 Å². The normalized spacial score (nSPS) is 19.9. The number of ketones is 1. The van der Waals surface area contributed by atoms with Crippen molar-refractivity contribution >= 4 is 5.78 Å². The lowest BCUT2D eigenvalue weighted by Crippen LogP contribution is -2.43. The predicted octanol–water partition coefficient (Wildman–Crippen LogP) is 3.48. The highest BCUT2D eigenvalue weighted by molar-refractivity contribution is 6.01. The van der Waals surface area contributed by atoms with Gasteiger partial charge in [0, 0.05) is 5.41 Å². The molecule has 0 aliphatic carbocycles. The molecule has 110 valence electrons. The zero-order chi connectivity index (χ0) is 14.9. The Bertz CT molecular complexity index is 519. The van der Waals surface area contributed by atoms with Gasteiger partial charge in [0.05, 0.1) is 5.56 Å². The summed E-state index contributed by atoms with van der Waals surface area (Å²) >= 11 is 0. The van der Waals surface area contributed by atoms with Crippen molar-refractivity contribution in [2.24, 2.45) is 11.3 Å². The number of carbonyl (C=O) groups is 1. The minimum Gasteiger partial charge on any atom is -0.316 e. The van der Waals surface area contributed by atoms with Gasteiger partial charge >= 0.3 is 0 Å². The highest BCUT2D eigenvalue weighted by Gasteiger charge is 2.40. The maximum atomic E-state index is 14.1. The van der Waals surface area contributed by atoms with E-state index in [1.165, 1.54) is 12.1 Å². The van der Waals surface area contributed by atoms with Gasteiger partial charge in [0.25, 0.3) is 0 Å². The van der Waals surface area contributed by atoms with E-state index in [2.05, 4.69) is 5.32 Å². The molecule has 0 saturated carbocycles. The standard InChI is InChI=1S/C16H21F2NO/c1-10-6-7-12(17)13(14(10)18)15(20)16(2,3)11-5-4-8-19-9-11/h6-7,11,19H,4-5,8-9H2,1-3H3. The Labute approximate surface area is 118 Å². The van der Waals surface area contributed by atoms with Crippen LogP contribution in [0.1, 0.15) is 42.6 Å². The highest BCUT2D eigenvalue weighted by Crippen LogP contribution is 2.36. The highest BCUT2D eigenvalue weighted by atomic mass is 19.1. The molecule has 2 nitrogen and oxygen atoms in total. The molecular weight excluding hydrogens is 260 g/mol. The molecule has 2 rings (SSSR count). The molecule has 1 heterocycles. The summed E-state index contributed by atoms with van der Waals surface area (Å²) in [6, 6.07) is 2.53. The molecule has 4 heteroatoms. The SMILES string of the molecule is Cc1ccc(F)c(C(=O)C(C)(C)C2CCCNC2)c1F. The van der Waals surface area contributed by atoms with Crippen molar-refractivity contribution in [2.75, 3.05) is 13.1 Å². The average Bonchev–Trinajstić information content (AvgIpc) is 2.44. The second-order valence-corrected chi connectivity index (χ2v) is 6.15. The number of nitrogens with one attached hydrogen (secondary N) is 1. The number of halogens is 2. The van der Waals surface area contributed by atoms with E-state index in [0.717, 1.165) is 19.4 Å². The lowest BCUT2D eigenvalue weighted by atomic mass is 9.70. The molecule has 0 radical (unpaired) electrons. The van der Waals surface area contributed by atoms with Crippen LogP contribution >= 0.6 is 0 Å². The first kappa shape index (κ1) is 15.1. The number of carbonyl (C=O) groups excluding carboxylic acids is 1. The fourth-order valence-electron chi connectivity index (χ4n) is 2.84. The van der Waals surface area contributed by atoms with Crippen LogP contribution < -0.4 is 5.32 Å². The van der Waals surface area contributed by atoms with Crippen LogP contribution in [0.5, 0.6) is 0 Å². The monoisotopic (exact) mass is 281 g/mol. The van der Waals surface area contributed by atoms with Crippen LogP contribution in [-0.2, 0) is 0 Å². The third-order valence-corrected chi connectivity index (χ3v) is 4.41. The first-order valence-corrected chi connectivity index (χ1v) is 7.06. The Balaban J connectivity index is 2.37. The molecule has 1 fully saturated rings. The van der Waals surface area contributed by atoms with Gasteiger partial charge in [-0.2, -0.15) is 0 Å². The van der Waals surface area contributed by atoms with Crippen LogP contribution in [0.3, 0.4) is 0 Å². The molecule has 1 atom stereocenters. The smallest absolute Gasteiger partial charge is 0.174 e. The van der Waals surface area contributed by atoms with E-state index in [-0.39, 0.29) is 11.5 Å². The molecule has 1 saturated heterocycles. The molecule has 1 N–H and O–H groups in total. The van der Waals surface area contributed by atoms with Gasteiger partial charge in [-0.05, 0) is 50.4 Å². The molecule has 1 unspecified atom stereocenters. The molecule has 1 aliphatic rings. The summed E-state index contributed by atoms with van der Waals surface area (Å²) in [6.07, 6.45) is 1.89. The summed E-state index contributed by atoms with van der Waals surface area (Å²) < 4.78 is 28.0. The lowest BCUT2D eigenvalue weighted by molar-refractivity contribution is 0.0698. The predicted molar refractivity (Wildman–Crippen MR) is 74.8 cm³/mol. The molecule has 0 amide bonds. The first-order chi connectivity index (χ1) is 9.35. The number of hydrogen-bond donors (Lipinski definition) is 1.